The topological polar surface area (TPSA) is 105 Å². The van der Waals surface area contributed by atoms with E-state index < -0.39 is 18.1 Å². The van der Waals surface area contributed by atoms with Crippen molar-refractivity contribution in [2.75, 3.05) is 11.9 Å². The minimum atomic E-state index is -0.818. The first-order chi connectivity index (χ1) is 13.1. The second-order valence-electron chi connectivity index (χ2n) is 6.19. The third-order valence-electron chi connectivity index (χ3n) is 4.18. The van der Waals surface area contributed by atoms with Crippen molar-refractivity contribution in [2.24, 2.45) is 0 Å². The second-order valence-corrected chi connectivity index (χ2v) is 6.19. The number of aromatic amines is 1. The third-order valence-corrected chi connectivity index (χ3v) is 4.18. The fourth-order valence-corrected chi connectivity index (χ4v) is 2.76. The van der Waals surface area contributed by atoms with Gasteiger partial charge in [0.1, 0.15) is 12.6 Å². The summed E-state index contributed by atoms with van der Waals surface area (Å²) in [5.74, 6) is 0.616. The van der Waals surface area contributed by atoms with Crippen molar-refractivity contribution in [2.45, 2.75) is 19.1 Å². The molecule has 1 aliphatic heterocycles. The first-order valence-corrected chi connectivity index (χ1v) is 8.54. The Morgan fingerprint density at radius 3 is 2.70 bits per heavy atom. The Labute approximate surface area is 154 Å². The molecule has 1 unspecified atom stereocenters. The van der Waals surface area contributed by atoms with Gasteiger partial charge in [0.2, 0.25) is 18.0 Å². The minimum Gasteiger partial charge on any atom is -0.485 e. The van der Waals surface area contributed by atoms with Crippen LogP contribution >= 0.6 is 0 Å². The SMILES string of the molecule is C[C@@H](NC(=O)C1COc2ccccc2O1)C(=O)Nc1nc2ccccc2[nH]1. The summed E-state index contributed by atoms with van der Waals surface area (Å²) in [6, 6.07) is 13.8. The molecule has 0 saturated carbocycles. The molecule has 0 radical (unpaired) electrons. The van der Waals surface area contributed by atoms with E-state index in [-0.39, 0.29) is 12.5 Å². The van der Waals surface area contributed by atoms with Crippen LogP contribution in [0.15, 0.2) is 48.5 Å². The Morgan fingerprint density at radius 1 is 1.15 bits per heavy atom. The molecule has 8 nitrogen and oxygen atoms in total. The van der Waals surface area contributed by atoms with E-state index in [4.69, 9.17) is 9.47 Å². The number of ether oxygens (including phenoxy) is 2. The molecule has 0 aliphatic carbocycles. The molecule has 1 aliphatic rings. The average molecular weight is 366 g/mol. The summed E-state index contributed by atoms with van der Waals surface area (Å²) >= 11 is 0. The van der Waals surface area contributed by atoms with Gasteiger partial charge in [-0.05, 0) is 31.2 Å². The minimum absolute atomic E-state index is 0.0841. The number of carbonyl (C=O) groups is 2. The van der Waals surface area contributed by atoms with E-state index >= 15 is 0 Å². The van der Waals surface area contributed by atoms with E-state index in [1.54, 1.807) is 25.1 Å². The van der Waals surface area contributed by atoms with Gasteiger partial charge < -0.3 is 19.8 Å². The summed E-state index contributed by atoms with van der Waals surface area (Å²) in [4.78, 5) is 32.0. The van der Waals surface area contributed by atoms with Crippen LogP contribution in [0.4, 0.5) is 5.95 Å². The van der Waals surface area contributed by atoms with Gasteiger partial charge in [-0.3, -0.25) is 14.9 Å². The van der Waals surface area contributed by atoms with Crippen molar-refractivity contribution >= 4 is 28.8 Å². The van der Waals surface area contributed by atoms with Crippen LogP contribution < -0.4 is 20.1 Å². The van der Waals surface area contributed by atoms with Gasteiger partial charge in [-0.15, -0.1) is 0 Å². The van der Waals surface area contributed by atoms with E-state index in [1.165, 1.54) is 0 Å². The van der Waals surface area contributed by atoms with Crippen LogP contribution in [0.2, 0.25) is 0 Å². The molecule has 3 N–H and O–H groups in total. The van der Waals surface area contributed by atoms with Gasteiger partial charge >= 0.3 is 0 Å². The van der Waals surface area contributed by atoms with Crippen LogP contribution in [0.5, 0.6) is 11.5 Å². The number of rotatable bonds is 4. The quantitative estimate of drug-likeness (QED) is 0.653. The Morgan fingerprint density at radius 2 is 1.89 bits per heavy atom. The number of para-hydroxylation sites is 4. The highest BCUT2D eigenvalue weighted by Crippen LogP contribution is 2.30. The van der Waals surface area contributed by atoms with Crippen molar-refractivity contribution in [3.8, 4) is 11.5 Å². The largest absolute Gasteiger partial charge is 0.485 e. The van der Waals surface area contributed by atoms with Gasteiger partial charge in [0.05, 0.1) is 11.0 Å². The van der Waals surface area contributed by atoms with Crippen LogP contribution in [0.1, 0.15) is 6.92 Å². The summed E-state index contributed by atoms with van der Waals surface area (Å²) in [6.45, 7) is 1.67. The number of anilines is 1. The first kappa shape index (κ1) is 16.9. The smallest absolute Gasteiger partial charge is 0.265 e. The number of nitrogens with zero attached hydrogens (tertiary/aromatic N) is 1. The number of carbonyl (C=O) groups excluding carboxylic acids is 2. The lowest BCUT2D eigenvalue weighted by molar-refractivity contribution is -0.133. The standard InChI is InChI=1S/C19H18N4O4/c1-11(17(24)23-19-21-12-6-2-3-7-13(12)22-19)20-18(25)16-10-26-14-8-4-5-9-15(14)27-16/h2-9,11,16H,10H2,1H3,(H,20,25)(H2,21,22,23,24)/t11-,16?/m1/s1. The van der Waals surface area contributed by atoms with E-state index in [9.17, 15) is 9.59 Å². The lowest BCUT2D eigenvalue weighted by atomic mass is 10.2. The molecule has 0 saturated heterocycles. The first-order valence-electron chi connectivity index (χ1n) is 8.54. The Bertz CT molecular complexity index is 967. The molecule has 1 aromatic heterocycles. The van der Waals surface area contributed by atoms with Gasteiger partial charge in [-0.2, -0.15) is 0 Å². The molecule has 2 amide bonds. The summed E-state index contributed by atoms with van der Waals surface area (Å²) in [7, 11) is 0. The van der Waals surface area contributed by atoms with Crippen LogP contribution in [-0.4, -0.2) is 40.5 Å². The molecule has 2 atom stereocenters. The maximum Gasteiger partial charge on any atom is 0.265 e. The molecular formula is C19H18N4O4. The summed E-state index contributed by atoms with van der Waals surface area (Å²) in [5.41, 5.74) is 1.56. The number of hydrogen-bond donors (Lipinski definition) is 3. The normalized spacial score (nSPS) is 16.6. The molecule has 27 heavy (non-hydrogen) atoms. The lowest BCUT2D eigenvalue weighted by Crippen LogP contribution is -2.50. The van der Waals surface area contributed by atoms with Crippen molar-refractivity contribution in [3.05, 3.63) is 48.5 Å². The lowest BCUT2D eigenvalue weighted by Gasteiger charge is -2.26. The fraction of sp³-hybridized carbons (Fsp3) is 0.211. The molecule has 4 rings (SSSR count). The van der Waals surface area contributed by atoms with Gasteiger partial charge in [-0.1, -0.05) is 24.3 Å². The molecule has 3 aromatic rings. The zero-order valence-electron chi connectivity index (χ0n) is 14.6. The molecule has 138 valence electrons. The number of H-pyrrole nitrogens is 1. The number of fused-ring (bicyclic) bond motifs is 2. The maximum atomic E-state index is 12.4. The summed E-state index contributed by atoms with van der Waals surface area (Å²) in [5, 5.41) is 5.30. The van der Waals surface area contributed by atoms with Crippen LogP contribution in [-0.2, 0) is 9.59 Å². The van der Waals surface area contributed by atoms with Crippen LogP contribution in [0.3, 0.4) is 0 Å². The number of hydrogen-bond acceptors (Lipinski definition) is 5. The predicted octanol–water partition coefficient (Wildman–Crippen LogP) is 1.85. The van der Waals surface area contributed by atoms with Gasteiger partial charge in [-0.25, -0.2) is 4.98 Å². The highest BCUT2D eigenvalue weighted by molar-refractivity contribution is 5.97. The molecule has 0 spiro atoms. The van der Waals surface area contributed by atoms with Gasteiger partial charge in [0.15, 0.2) is 11.5 Å². The molecule has 0 bridgehead atoms. The van der Waals surface area contributed by atoms with E-state index in [2.05, 4.69) is 20.6 Å². The molecule has 2 aromatic carbocycles. The van der Waals surface area contributed by atoms with E-state index in [0.29, 0.717) is 17.4 Å². The monoisotopic (exact) mass is 366 g/mol. The highest BCUT2D eigenvalue weighted by Gasteiger charge is 2.29. The Balaban J connectivity index is 1.36. The number of benzene rings is 2. The predicted molar refractivity (Wildman–Crippen MR) is 98.7 cm³/mol. The molecule has 2 heterocycles. The van der Waals surface area contributed by atoms with Gasteiger partial charge in [0, 0.05) is 0 Å². The van der Waals surface area contributed by atoms with Crippen molar-refractivity contribution in [3.63, 3.8) is 0 Å². The number of amides is 2. The van der Waals surface area contributed by atoms with Crippen LogP contribution in [0, 0.1) is 0 Å². The van der Waals surface area contributed by atoms with Crippen molar-refractivity contribution < 1.29 is 19.1 Å². The van der Waals surface area contributed by atoms with Gasteiger partial charge in [0.25, 0.3) is 5.91 Å². The number of aromatic nitrogens is 2. The fourth-order valence-electron chi connectivity index (χ4n) is 2.76. The average Bonchev–Trinajstić information content (AvgIpc) is 3.09. The third kappa shape index (κ3) is 3.55. The van der Waals surface area contributed by atoms with Crippen molar-refractivity contribution in [1.29, 1.82) is 0 Å². The molecule has 8 heteroatoms. The van der Waals surface area contributed by atoms with Crippen molar-refractivity contribution in [1.82, 2.24) is 15.3 Å². The summed E-state index contributed by atoms with van der Waals surface area (Å²) < 4.78 is 11.2. The molecular weight excluding hydrogens is 348 g/mol. The Hall–Kier alpha value is -3.55. The summed E-state index contributed by atoms with van der Waals surface area (Å²) in [6.07, 6.45) is -0.818. The zero-order valence-corrected chi connectivity index (χ0v) is 14.6. The number of nitrogens with one attached hydrogen (secondary N) is 3. The van der Waals surface area contributed by atoms with E-state index in [1.807, 2.05) is 30.3 Å². The Kier molecular flexibility index (Phi) is 4.37. The van der Waals surface area contributed by atoms with E-state index in [0.717, 1.165) is 11.0 Å². The number of imidazole rings is 1. The zero-order chi connectivity index (χ0) is 18.8. The highest BCUT2D eigenvalue weighted by atomic mass is 16.6. The maximum absolute atomic E-state index is 12.4. The molecule has 0 fully saturated rings. The second kappa shape index (κ2) is 6.99. The van der Waals surface area contributed by atoms with Crippen LogP contribution in [0.25, 0.3) is 11.0 Å².